The van der Waals surface area contributed by atoms with E-state index < -0.39 is 4.92 Å². The number of amides is 1. The molecule has 2 fully saturated rings. The van der Waals surface area contributed by atoms with Gasteiger partial charge in [0.25, 0.3) is 5.91 Å². The van der Waals surface area contributed by atoms with Crippen LogP contribution in [0.2, 0.25) is 0 Å². The minimum Gasteiger partial charge on any atom is -0.335 e. The molecule has 0 saturated carbocycles. The van der Waals surface area contributed by atoms with E-state index in [1.807, 2.05) is 0 Å². The van der Waals surface area contributed by atoms with Crippen molar-refractivity contribution in [3.63, 3.8) is 0 Å². The van der Waals surface area contributed by atoms with Crippen LogP contribution in [0.5, 0.6) is 0 Å². The van der Waals surface area contributed by atoms with Crippen molar-refractivity contribution in [2.45, 2.75) is 12.5 Å². The molecule has 1 amide bonds. The van der Waals surface area contributed by atoms with E-state index in [4.69, 9.17) is 0 Å². The molecule has 2 aliphatic rings. The van der Waals surface area contributed by atoms with Crippen LogP contribution in [0.25, 0.3) is 0 Å². The third-order valence-electron chi connectivity index (χ3n) is 4.15. The van der Waals surface area contributed by atoms with E-state index in [0.717, 1.165) is 38.8 Å². The van der Waals surface area contributed by atoms with Gasteiger partial charge in [0.05, 0.1) is 4.92 Å². The molecule has 0 spiro atoms. The Hall–Kier alpha value is -2.00. The number of nitrogens with zero attached hydrogens (tertiary/aromatic N) is 4. The Labute approximate surface area is 121 Å². The first-order valence-corrected chi connectivity index (χ1v) is 7.08. The molecule has 114 valence electrons. The number of nitro groups is 1. The Bertz CT molecular complexity index is 539. The van der Waals surface area contributed by atoms with Crippen LogP contribution in [-0.4, -0.2) is 76.1 Å². The van der Waals surface area contributed by atoms with Gasteiger partial charge in [0.2, 0.25) is 5.69 Å². The van der Waals surface area contributed by atoms with E-state index in [-0.39, 0.29) is 17.3 Å². The number of carbonyl (C=O) groups is 1. The van der Waals surface area contributed by atoms with E-state index >= 15 is 0 Å². The summed E-state index contributed by atoms with van der Waals surface area (Å²) in [6.45, 7) is 5.15. The number of piperazine rings is 1. The lowest BCUT2D eigenvalue weighted by Crippen LogP contribution is -2.49. The standard InChI is InChI=1S/C12H18N6O3/c19-12(11-10(18(20)21)7-14-15-11)17-4-1-9(8-17)16-5-2-13-3-6-16/h7,9,13H,1-6,8H2,(H,14,15). The van der Waals surface area contributed by atoms with Crippen molar-refractivity contribution < 1.29 is 9.72 Å². The fourth-order valence-electron chi connectivity index (χ4n) is 3.01. The molecule has 0 aromatic carbocycles. The lowest BCUT2D eigenvalue weighted by molar-refractivity contribution is -0.385. The van der Waals surface area contributed by atoms with Gasteiger partial charge in [0.15, 0.2) is 0 Å². The zero-order chi connectivity index (χ0) is 14.8. The highest BCUT2D eigenvalue weighted by molar-refractivity contribution is 5.96. The Kier molecular flexibility index (Phi) is 3.84. The van der Waals surface area contributed by atoms with Crippen molar-refractivity contribution in [3.8, 4) is 0 Å². The second-order valence-electron chi connectivity index (χ2n) is 5.37. The van der Waals surface area contributed by atoms with Gasteiger partial charge in [-0.3, -0.25) is 24.9 Å². The maximum atomic E-state index is 12.4. The van der Waals surface area contributed by atoms with E-state index in [0.29, 0.717) is 19.1 Å². The van der Waals surface area contributed by atoms with Gasteiger partial charge in [-0.1, -0.05) is 0 Å². The summed E-state index contributed by atoms with van der Waals surface area (Å²) < 4.78 is 0. The fourth-order valence-corrected chi connectivity index (χ4v) is 3.01. The zero-order valence-corrected chi connectivity index (χ0v) is 11.6. The zero-order valence-electron chi connectivity index (χ0n) is 11.6. The largest absolute Gasteiger partial charge is 0.335 e. The Morgan fingerprint density at radius 2 is 2.14 bits per heavy atom. The van der Waals surface area contributed by atoms with Gasteiger partial charge in [0, 0.05) is 45.3 Å². The topological polar surface area (TPSA) is 107 Å². The molecule has 1 aromatic heterocycles. The lowest BCUT2D eigenvalue weighted by Gasteiger charge is -2.32. The van der Waals surface area contributed by atoms with Crippen LogP contribution >= 0.6 is 0 Å². The molecular weight excluding hydrogens is 276 g/mol. The average Bonchev–Trinajstić information content (AvgIpc) is 3.17. The Morgan fingerprint density at radius 3 is 2.86 bits per heavy atom. The summed E-state index contributed by atoms with van der Waals surface area (Å²) in [5.74, 6) is -0.336. The maximum absolute atomic E-state index is 12.4. The smallest absolute Gasteiger partial charge is 0.319 e. The number of aromatic amines is 1. The van der Waals surface area contributed by atoms with Crippen LogP contribution in [0.4, 0.5) is 5.69 Å². The molecule has 2 aliphatic heterocycles. The van der Waals surface area contributed by atoms with Gasteiger partial charge < -0.3 is 10.2 Å². The summed E-state index contributed by atoms with van der Waals surface area (Å²) in [6.07, 6.45) is 1.99. The highest BCUT2D eigenvalue weighted by Gasteiger charge is 2.34. The van der Waals surface area contributed by atoms with E-state index in [2.05, 4.69) is 20.4 Å². The van der Waals surface area contributed by atoms with Gasteiger partial charge >= 0.3 is 5.69 Å². The highest BCUT2D eigenvalue weighted by Crippen LogP contribution is 2.22. The van der Waals surface area contributed by atoms with Crippen molar-refractivity contribution >= 4 is 11.6 Å². The monoisotopic (exact) mass is 294 g/mol. The Balaban J connectivity index is 1.66. The second kappa shape index (κ2) is 5.78. The second-order valence-corrected chi connectivity index (χ2v) is 5.37. The highest BCUT2D eigenvalue weighted by atomic mass is 16.6. The molecule has 3 rings (SSSR count). The predicted octanol–water partition coefficient (Wildman–Crippen LogP) is -0.562. The molecule has 1 atom stereocenters. The van der Waals surface area contributed by atoms with Crippen LogP contribution in [0.3, 0.4) is 0 Å². The molecular formula is C12H18N6O3. The number of nitrogens with one attached hydrogen (secondary N) is 2. The molecule has 3 heterocycles. The first-order valence-electron chi connectivity index (χ1n) is 7.08. The third-order valence-corrected chi connectivity index (χ3v) is 4.15. The maximum Gasteiger partial charge on any atom is 0.319 e. The molecule has 1 aromatic rings. The number of aromatic nitrogens is 2. The lowest BCUT2D eigenvalue weighted by atomic mass is 10.2. The van der Waals surface area contributed by atoms with E-state index in [9.17, 15) is 14.9 Å². The number of carbonyl (C=O) groups excluding carboxylic acids is 1. The summed E-state index contributed by atoms with van der Waals surface area (Å²) in [6, 6.07) is 0.345. The van der Waals surface area contributed by atoms with Crippen molar-refractivity contribution in [1.29, 1.82) is 0 Å². The quantitative estimate of drug-likeness (QED) is 0.571. The number of hydrogen-bond donors (Lipinski definition) is 2. The average molecular weight is 294 g/mol. The molecule has 9 nitrogen and oxygen atoms in total. The van der Waals surface area contributed by atoms with Crippen LogP contribution in [0, 0.1) is 10.1 Å². The molecule has 0 aliphatic carbocycles. The number of rotatable bonds is 3. The first-order chi connectivity index (χ1) is 10.2. The molecule has 1 unspecified atom stereocenters. The van der Waals surface area contributed by atoms with Crippen LogP contribution < -0.4 is 5.32 Å². The van der Waals surface area contributed by atoms with Crippen molar-refractivity contribution in [2.24, 2.45) is 0 Å². The van der Waals surface area contributed by atoms with Crippen LogP contribution in [-0.2, 0) is 0 Å². The minimum absolute atomic E-state index is 0.0269. The molecule has 0 bridgehead atoms. The fraction of sp³-hybridized carbons (Fsp3) is 0.667. The number of likely N-dealkylation sites (tertiary alicyclic amines) is 1. The predicted molar refractivity (Wildman–Crippen MR) is 74.0 cm³/mol. The molecule has 2 saturated heterocycles. The number of H-pyrrole nitrogens is 1. The SMILES string of the molecule is O=C(c1[nH]ncc1[N+](=O)[O-])N1CCC(N2CCNCC2)C1. The summed E-state index contributed by atoms with van der Waals surface area (Å²) in [5, 5.41) is 20.2. The van der Waals surface area contributed by atoms with Crippen molar-refractivity contribution in [1.82, 2.24) is 25.3 Å². The van der Waals surface area contributed by atoms with E-state index in [1.54, 1.807) is 4.90 Å². The van der Waals surface area contributed by atoms with Gasteiger partial charge in [-0.15, -0.1) is 0 Å². The minimum atomic E-state index is -0.583. The normalized spacial score (nSPS) is 23.4. The summed E-state index contributed by atoms with van der Waals surface area (Å²) in [7, 11) is 0. The van der Waals surface area contributed by atoms with E-state index in [1.165, 1.54) is 0 Å². The molecule has 21 heavy (non-hydrogen) atoms. The van der Waals surface area contributed by atoms with Crippen LogP contribution in [0.15, 0.2) is 6.20 Å². The van der Waals surface area contributed by atoms with Crippen molar-refractivity contribution in [3.05, 3.63) is 22.0 Å². The summed E-state index contributed by atoms with van der Waals surface area (Å²) >= 11 is 0. The van der Waals surface area contributed by atoms with Gasteiger partial charge in [-0.05, 0) is 6.42 Å². The van der Waals surface area contributed by atoms with Gasteiger partial charge in [0.1, 0.15) is 6.20 Å². The summed E-state index contributed by atoms with van der Waals surface area (Å²) in [4.78, 5) is 26.7. The number of hydrogen-bond acceptors (Lipinski definition) is 6. The van der Waals surface area contributed by atoms with Crippen molar-refractivity contribution in [2.75, 3.05) is 39.3 Å². The van der Waals surface area contributed by atoms with Gasteiger partial charge in [-0.25, -0.2) is 0 Å². The third kappa shape index (κ3) is 2.74. The Morgan fingerprint density at radius 1 is 1.38 bits per heavy atom. The van der Waals surface area contributed by atoms with Gasteiger partial charge in [-0.2, -0.15) is 5.10 Å². The molecule has 9 heteroatoms. The molecule has 2 N–H and O–H groups in total. The summed E-state index contributed by atoms with van der Waals surface area (Å²) in [5.41, 5.74) is -0.286. The first kappa shape index (κ1) is 14.0. The van der Waals surface area contributed by atoms with Crippen LogP contribution in [0.1, 0.15) is 16.9 Å². The molecule has 0 radical (unpaired) electrons.